The summed E-state index contributed by atoms with van der Waals surface area (Å²) in [5.74, 6) is 0. The van der Waals surface area contributed by atoms with Crippen molar-refractivity contribution in [2.24, 2.45) is 0 Å². The highest BCUT2D eigenvalue weighted by Crippen LogP contribution is 2.02. The van der Waals surface area contributed by atoms with E-state index in [1.54, 1.807) is 24.3 Å². The summed E-state index contributed by atoms with van der Waals surface area (Å²) >= 11 is 0. The van der Waals surface area contributed by atoms with Crippen molar-refractivity contribution >= 4 is 12.4 Å². The van der Waals surface area contributed by atoms with Crippen LogP contribution >= 0.6 is 0 Å². The van der Waals surface area contributed by atoms with Crippen LogP contribution in [0.15, 0.2) is 24.3 Å². The van der Waals surface area contributed by atoms with Gasteiger partial charge in [-0.15, -0.1) is 0 Å². The maximum Gasteiger partial charge on any atom is 0.407 e. The van der Waals surface area contributed by atoms with Crippen molar-refractivity contribution in [2.75, 3.05) is 6.61 Å². The van der Waals surface area contributed by atoms with Gasteiger partial charge in [0.25, 0.3) is 0 Å². The second-order valence-electron chi connectivity index (χ2n) is 3.70. The molecule has 1 aromatic rings. The fraction of sp³-hybridized carbons (Fsp3) is 0.385. The highest BCUT2D eigenvalue weighted by Gasteiger charge is 2.01. The quantitative estimate of drug-likeness (QED) is 0.609. The van der Waals surface area contributed by atoms with Gasteiger partial charge in [0.05, 0.1) is 6.61 Å². The standard InChI is InChI=1S/C13H17NO3/c1-2-3-8-17-13(16)14-9-11-4-6-12(10-15)7-5-11/h4-7,10H,2-3,8-9H2,1H3,(H,14,16). The van der Waals surface area contributed by atoms with E-state index in [4.69, 9.17) is 4.74 Å². The molecule has 1 N–H and O–H groups in total. The van der Waals surface area contributed by atoms with Crippen molar-refractivity contribution in [3.63, 3.8) is 0 Å². The Bertz CT molecular complexity index is 359. The first-order valence-corrected chi connectivity index (χ1v) is 5.71. The molecule has 0 spiro atoms. The molecule has 0 radical (unpaired) electrons. The molecule has 0 aliphatic rings. The van der Waals surface area contributed by atoms with E-state index in [0.717, 1.165) is 24.7 Å². The summed E-state index contributed by atoms with van der Waals surface area (Å²) in [4.78, 5) is 21.7. The first-order chi connectivity index (χ1) is 8.26. The number of alkyl carbamates (subject to hydrolysis) is 1. The van der Waals surface area contributed by atoms with Gasteiger partial charge in [-0.05, 0) is 12.0 Å². The highest BCUT2D eigenvalue weighted by molar-refractivity contribution is 5.74. The third-order valence-electron chi connectivity index (χ3n) is 2.28. The highest BCUT2D eigenvalue weighted by atomic mass is 16.5. The summed E-state index contributed by atoms with van der Waals surface area (Å²) in [5.41, 5.74) is 1.56. The van der Waals surface area contributed by atoms with Crippen LogP contribution in [0.4, 0.5) is 4.79 Å². The Hall–Kier alpha value is -1.84. The number of aldehydes is 1. The van der Waals surface area contributed by atoms with Crippen LogP contribution in [-0.4, -0.2) is 19.0 Å². The van der Waals surface area contributed by atoms with Crippen LogP contribution < -0.4 is 5.32 Å². The van der Waals surface area contributed by atoms with Crippen LogP contribution in [0.3, 0.4) is 0 Å². The van der Waals surface area contributed by atoms with E-state index in [0.29, 0.717) is 18.7 Å². The predicted octanol–water partition coefficient (Wildman–Crippen LogP) is 2.53. The van der Waals surface area contributed by atoms with Crippen LogP contribution in [0.5, 0.6) is 0 Å². The van der Waals surface area contributed by atoms with Crippen LogP contribution in [0, 0.1) is 0 Å². The monoisotopic (exact) mass is 235 g/mol. The molecule has 0 bridgehead atoms. The molecule has 1 aromatic carbocycles. The van der Waals surface area contributed by atoms with Crippen LogP contribution in [0.2, 0.25) is 0 Å². The number of rotatable bonds is 6. The van der Waals surface area contributed by atoms with Gasteiger partial charge in [0.15, 0.2) is 0 Å². The molecule has 1 rings (SSSR count). The zero-order valence-corrected chi connectivity index (χ0v) is 9.94. The molecule has 0 saturated heterocycles. The zero-order valence-electron chi connectivity index (χ0n) is 9.94. The molecule has 0 atom stereocenters. The topological polar surface area (TPSA) is 55.4 Å². The molecule has 4 heteroatoms. The number of ether oxygens (including phenoxy) is 1. The van der Waals surface area contributed by atoms with Crippen molar-refractivity contribution in [3.05, 3.63) is 35.4 Å². The Morgan fingerprint density at radius 1 is 1.35 bits per heavy atom. The van der Waals surface area contributed by atoms with E-state index < -0.39 is 6.09 Å². The van der Waals surface area contributed by atoms with Gasteiger partial charge in [-0.3, -0.25) is 4.79 Å². The minimum Gasteiger partial charge on any atom is -0.450 e. The molecule has 4 nitrogen and oxygen atoms in total. The lowest BCUT2D eigenvalue weighted by Crippen LogP contribution is -2.24. The number of hydrogen-bond acceptors (Lipinski definition) is 3. The van der Waals surface area contributed by atoms with E-state index in [-0.39, 0.29) is 0 Å². The lowest BCUT2D eigenvalue weighted by atomic mass is 10.1. The summed E-state index contributed by atoms with van der Waals surface area (Å²) < 4.78 is 4.94. The molecule has 1 amide bonds. The van der Waals surface area contributed by atoms with E-state index in [1.807, 2.05) is 6.92 Å². The summed E-state index contributed by atoms with van der Waals surface area (Å²) in [6, 6.07) is 7.03. The zero-order chi connectivity index (χ0) is 12.5. The molecule has 17 heavy (non-hydrogen) atoms. The third kappa shape index (κ3) is 5.15. The van der Waals surface area contributed by atoms with Crippen LogP contribution in [0.1, 0.15) is 35.7 Å². The van der Waals surface area contributed by atoms with Crippen LogP contribution in [-0.2, 0) is 11.3 Å². The molecular formula is C13H17NO3. The van der Waals surface area contributed by atoms with Crippen LogP contribution in [0.25, 0.3) is 0 Å². The molecule has 0 aliphatic carbocycles. The van der Waals surface area contributed by atoms with Gasteiger partial charge in [0.1, 0.15) is 6.29 Å². The number of nitrogens with one attached hydrogen (secondary N) is 1. The number of carbonyl (C=O) groups is 2. The molecule has 0 unspecified atom stereocenters. The predicted molar refractivity (Wildman–Crippen MR) is 64.9 cm³/mol. The Morgan fingerprint density at radius 2 is 2.06 bits per heavy atom. The molecular weight excluding hydrogens is 218 g/mol. The maximum absolute atomic E-state index is 11.2. The first-order valence-electron chi connectivity index (χ1n) is 5.71. The van der Waals surface area contributed by atoms with E-state index in [2.05, 4.69) is 5.32 Å². The third-order valence-corrected chi connectivity index (χ3v) is 2.28. The van der Waals surface area contributed by atoms with Crippen molar-refractivity contribution in [2.45, 2.75) is 26.3 Å². The van der Waals surface area contributed by atoms with Gasteiger partial charge in [0, 0.05) is 12.1 Å². The minimum absolute atomic E-state index is 0.405. The van der Waals surface area contributed by atoms with E-state index >= 15 is 0 Å². The Balaban J connectivity index is 2.29. The summed E-state index contributed by atoms with van der Waals surface area (Å²) in [5, 5.41) is 2.65. The lowest BCUT2D eigenvalue weighted by molar-refractivity contribution is 0.112. The summed E-state index contributed by atoms with van der Waals surface area (Å²) in [6.07, 6.45) is 2.26. The van der Waals surface area contributed by atoms with Gasteiger partial charge < -0.3 is 10.1 Å². The second kappa shape index (κ2) is 7.44. The second-order valence-corrected chi connectivity index (χ2v) is 3.70. The van der Waals surface area contributed by atoms with Gasteiger partial charge >= 0.3 is 6.09 Å². The number of hydrogen-bond donors (Lipinski definition) is 1. The Morgan fingerprint density at radius 3 is 2.65 bits per heavy atom. The Labute approximate surface area is 101 Å². The average Bonchev–Trinajstić information content (AvgIpc) is 2.37. The first kappa shape index (κ1) is 13.2. The molecule has 0 saturated carbocycles. The fourth-order valence-corrected chi connectivity index (χ4v) is 1.25. The number of carbonyl (C=O) groups excluding carboxylic acids is 2. The normalized spacial score (nSPS) is 9.71. The summed E-state index contributed by atoms with van der Waals surface area (Å²) in [6.45, 7) is 2.90. The number of unbranched alkanes of at least 4 members (excludes halogenated alkanes) is 1. The average molecular weight is 235 g/mol. The van der Waals surface area contributed by atoms with E-state index in [9.17, 15) is 9.59 Å². The van der Waals surface area contributed by atoms with Gasteiger partial charge in [-0.1, -0.05) is 37.6 Å². The fourth-order valence-electron chi connectivity index (χ4n) is 1.25. The molecule has 92 valence electrons. The largest absolute Gasteiger partial charge is 0.450 e. The number of amides is 1. The van der Waals surface area contributed by atoms with Crippen molar-refractivity contribution in [1.29, 1.82) is 0 Å². The Kier molecular flexibility index (Phi) is 5.79. The van der Waals surface area contributed by atoms with Gasteiger partial charge in [-0.25, -0.2) is 4.79 Å². The SMILES string of the molecule is CCCCOC(=O)NCc1ccc(C=O)cc1. The maximum atomic E-state index is 11.2. The summed E-state index contributed by atoms with van der Waals surface area (Å²) in [7, 11) is 0. The number of benzene rings is 1. The smallest absolute Gasteiger partial charge is 0.407 e. The molecule has 0 fully saturated rings. The van der Waals surface area contributed by atoms with Crippen molar-refractivity contribution < 1.29 is 14.3 Å². The van der Waals surface area contributed by atoms with Gasteiger partial charge in [0.2, 0.25) is 0 Å². The van der Waals surface area contributed by atoms with Crippen molar-refractivity contribution in [3.8, 4) is 0 Å². The molecule has 0 aliphatic heterocycles. The molecule has 0 aromatic heterocycles. The van der Waals surface area contributed by atoms with Gasteiger partial charge in [-0.2, -0.15) is 0 Å². The van der Waals surface area contributed by atoms with E-state index in [1.165, 1.54) is 0 Å². The lowest BCUT2D eigenvalue weighted by Gasteiger charge is -2.06. The molecule has 0 heterocycles. The minimum atomic E-state index is -0.405. The van der Waals surface area contributed by atoms with Crippen molar-refractivity contribution in [1.82, 2.24) is 5.32 Å².